The predicted octanol–water partition coefficient (Wildman–Crippen LogP) is 1.71. The highest BCUT2D eigenvalue weighted by Crippen LogP contribution is 2.13. The number of nitrogen functional groups attached to an aromatic ring is 1. The number of carbonyl (C=O) groups excluding carboxylic acids is 1. The van der Waals surface area contributed by atoms with Gasteiger partial charge in [0.25, 0.3) is 0 Å². The lowest BCUT2D eigenvalue weighted by Crippen LogP contribution is -2.41. The smallest absolute Gasteiger partial charge is 0.236 e. The number of hydrogen-bond acceptors (Lipinski definition) is 3. The first-order valence-corrected chi connectivity index (χ1v) is 6.96. The highest BCUT2D eigenvalue weighted by Gasteiger charge is 2.17. The summed E-state index contributed by atoms with van der Waals surface area (Å²) in [6.07, 6.45) is 3.53. The molecule has 1 saturated heterocycles. The van der Waals surface area contributed by atoms with Gasteiger partial charge in [0.05, 0.1) is 6.54 Å². The summed E-state index contributed by atoms with van der Waals surface area (Å²) in [5.74, 6) is 0.233. The van der Waals surface area contributed by atoms with E-state index in [2.05, 4.69) is 0 Å². The maximum absolute atomic E-state index is 12.1. The molecule has 4 heteroatoms. The lowest BCUT2D eigenvalue weighted by Gasteiger charge is -2.28. The summed E-state index contributed by atoms with van der Waals surface area (Å²) in [6, 6.07) is 7.82. The van der Waals surface area contributed by atoms with Crippen LogP contribution in [0.1, 0.15) is 24.8 Å². The molecule has 19 heavy (non-hydrogen) atoms. The van der Waals surface area contributed by atoms with Gasteiger partial charge in [-0.15, -0.1) is 0 Å². The molecule has 0 unspecified atom stereocenters. The predicted molar refractivity (Wildman–Crippen MR) is 77.6 cm³/mol. The molecule has 0 bridgehead atoms. The van der Waals surface area contributed by atoms with Crippen LogP contribution in [0.2, 0.25) is 0 Å². The van der Waals surface area contributed by atoms with Gasteiger partial charge in [-0.05, 0) is 37.9 Å². The topological polar surface area (TPSA) is 49.6 Å². The quantitative estimate of drug-likeness (QED) is 0.840. The number of likely N-dealkylation sites (N-methyl/N-ethyl adjacent to an activating group) is 1. The van der Waals surface area contributed by atoms with E-state index in [0.29, 0.717) is 13.1 Å². The Labute approximate surface area is 115 Å². The van der Waals surface area contributed by atoms with Crippen LogP contribution in [-0.2, 0) is 11.3 Å². The monoisotopic (exact) mass is 261 g/mol. The van der Waals surface area contributed by atoms with Gasteiger partial charge in [0.1, 0.15) is 0 Å². The molecular formula is C15H23N3O. The molecule has 0 atom stereocenters. The number of para-hydroxylation sites is 1. The average molecular weight is 261 g/mol. The van der Waals surface area contributed by atoms with Crippen LogP contribution in [0.25, 0.3) is 0 Å². The molecule has 0 aromatic heterocycles. The Morgan fingerprint density at radius 3 is 2.63 bits per heavy atom. The third kappa shape index (κ3) is 3.96. The van der Waals surface area contributed by atoms with E-state index >= 15 is 0 Å². The Kier molecular flexibility index (Phi) is 4.80. The summed E-state index contributed by atoms with van der Waals surface area (Å²) < 4.78 is 0. The number of carbonyl (C=O) groups is 1. The molecule has 104 valence electrons. The molecule has 0 saturated carbocycles. The minimum Gasteiger partial charge on any atom is -0.398 e. The van der Waals surface area contributed by atoms with Crippen LogP contribution < -0.4 is 5.73 Å². The highest BCUT2D eigenvalue weighted by molar-refractivity contribution is 5.78. The fourth-order valence-corrected chi connectivity index (χ4v) is 2.50. The maximum Gasteiger partial charge on any atom is 0.236 e. The van der Waals surface area contributed by atoms with E-state index in [1.165, 1.54) is 6.42 Å². The van der Waals surface area contributed by atoms with Crippen LogP contribution in [-0.4, -0.2) is 42.4 Å². The standard InChI is InChI=1S/C15H23N3O/c1-17(11-13-7-3-4-8-14(13)16)12-15(19)18-9-5-2-6-10-18/h3-4,7-8H,2,5-6,9-12,16H2,1H3. The number of anilines is 1. The Bertz CT molecular complexity index is 427. The van der Waals surface area contributed by atoms with E-state index in [0.717, 1.165) is 37.2 Å². The SMILES string of the molecule is CN(CC(=O)N1CCCCC1)Cc1ccccc1N. The van der Waals surface area contributed by atoms with E-state index < -0.39 is 0 Å². The van der Waals surface area contributed by atoms with Crippen LogP contribution in [0.4, 0.5) is 5.69 Å². The van der Waals surface area contributed by atoms with E-state index in [4.69, 9.17) is 5.73 Å². The highest BCUT2D eigenvalue weighted by atomic mass is 16.2. The largest absolute Gasteiger partial charge is 0.398 e. The second kappa shape index (κ2) is 6.57. The maximum atomic E-state index is 12.1. The van der Waals surface area contributed by atoms with Crippen molar-refractivity contribution in [2.75, 3.05) is 32.4 Å². The van der Waals surface area contributed by atoms with Gasteiger partial charge in [-0.2, -0.15) is 0 Å². The van der Waals surface area contributed by atoms with Gasteiger partial charge in [0, 0.05) is 25.3 Å². The Hall–Kier alpha value is -1.55. The molecule has 1 aliphatic heterocycles. The summed E-state index contributed by atoms with van der Waals surface area (Å²) in [6.45, 7) is 3.01. The molecule has 1 fully saturated rings. The molecule has 2 N–H and O–H groups in total. The van der Waals surface area contributed by atoms with Gasteiger partial charge in [0.15, 0.2) is 0 Å². The van der Waals surface area contributed by atoms with Crippen molar-refractivity contribution in [3.05, 3.63) is 29.8 Å². The first kappa shape index (κ1) is 13.9. The number of hydrogen-bond donors (Lipinski definition) is 1. The molecule has 2 rings (SSSR count). The number of piperidine rings is 1. The van der Waals surface area contributed by atoms with Crippen molar-refractivity contribution in [1.29, 1.82) is 0 Å². The zero-order chi connectivity index (χ0) is 13.7. The molecule has 1 aliphatic rings. The van der Waals surface area contributed by atoms with Gasteiger partial charge < -0.3 is 10.6 Å². The molecule has 0 spiro atoms. The van der Waals surface area contributed by atoms with Crippen molar-refractivity contribution in [1.82, 2.24) is 9.80 Å². The summed E-state index contributed by atoms with van der Waals surface area (Å²) in [5, 5.41) is 0. The zero-order valence-corrected chi connectivity index (χ0v) is 11.6. The number of likely N-dealkylation sites (tertiary alicyclic amines) is 1. The molecule has 1 aromatic carbocycles. The van der Waals surface area contributed by atoms with Crippen LogP contribution in [0.3, 0.4) is 0 Å². The average Bonchev–Trinajstić information content (AvgIpc) is 2.42. The summed E-state index contributed by atoms with van der Waals surface area (Å²) in [7, 11) is 1.97. The Morgan fingerprint density at radius 1 is 1.26 bits per heavy atom. The molecule has 1 amide bonds. The summed E-state index contributed by atoms with van der Waals surface area (Å²) >= 11 is 0. The number of nitrogens with zero attached hydrogens (tertiary/aromatic N) is 2. The third-order valence-electron chi connectivity index (χ3n) is 3.61. The van der Waals surface area contributed by atoms with Gasteiger partial charge in [0.2, 0.25) is 5.91 Å². The first-order chi connectivity index (χ1) is 9.16. The van der Waals surface area contributed by atoms with Crippen LogP contribution >= 0.6 is 0 Å². The van der Waals surface area contributed by atoms with Crippen molar-refractivity contribution in [3.63, 3.8) is 0 Å². The van der Waals surface area contributed by atoms with Gasteiger partial charge >= 0.3 is 0 Å². The van der Waals surface area contributed by atoms with Crippen molar-refractivity contribution in [3.8, 4) is 0 Å². The number of amides is 1. The Morgan fingerprint density at radius 2 is 1.95 bits per heavy atom. The zero-order valence-electron chi connectivity index (χ0n) is 11.6. The van der Waals surface area contributed by atoms with Crippen molar-refractivity contribution < 1.29 is 4.79 Å². The second-order valence-corrected chi connectivity index (χ2v) is 5.31. The van der Waals surface area contributed by atoms with E-state index in [-0.39, 0.29) is 5.91 Å². The van der Waals surface area contributed by atoms with Gasteiger partial charge in [-0.1, -0.05) is 18.2 Å². The van der Waals surface area contributed by atoms with Crippen LogP contribution in [0.5, 0.6) is 0 Å². The lowest BCUT2D eigenvalue weighted by molar-refractivity contribution is -0.133. The van der Waals surface area contributed by atoms with E-state index in [9.17, 15) is 4.79 Å². The Balaban J connectivity index is 1.85. The number of nitrogens with two attached hydrogens (primary N) is 1. The van der Waals surface area contributed by atoms with E-state index in [1.807, 2.05) is 41.1 Å². The number of rotatable bonds is 4. The van der Waals surface area contributed by atoms with Crippen LogP contribution in [0, 0.1) is 0 Å². The normalized spacial score (nSPS) is 15.8. The molecule has 0 radical (unpaired) electrons. The minimum atomic E-state index is 0.233. The fraction of sp³-hybridized carbons (Fsp3) is 0.533. The lowest BCUT2D eigenvalue weighted by atomic mass is 10.1. The van der Waals surface area contributed by atoms with Crippen molar-refractivity contribution >= 4 is 11.6 Å². The third-order valence-corrected chi connectivity index (χ3v) is 3.61. The molecular weight excluding hydrogens is 238 g/mol. The molecule has 4 nitrogen and oxygen atoms in total. The van der Waals surface area contributed by atoms with E-state index in [1.54, 1.807) is 0 Å². The van der Waals surface area contributed by atoms with Crippen LogP contribution in [0.15, 0.2) is 24.3 Å². The van der Waals surface area contributed by atoms with Crippen molar-refractivity contribution in [2.24, 2.45) is 0 Å². The van der Waals surface area contributed by atoms with Crippen molar-refractivity contribution in [2.45, 2.75) is 25.8 Å². The number of benzene rings is 1. The summed E-state index contributed by atoms with van der Waals surface area (Å²) in [4.78, 5) is 16.1. The molecule has 1 aromatic rings. The second-order valence-electron chi connectivity index (χ2n) is 5.31. The minimum absolute atomic E-state index is 0.233. The first-order valence-electron chi connectivity index (χ1n) is 6.96. The fourth-order valence-electron chi connectivity index (χ4n) is 2.50. The molecule has 0 aliphatic carbocycles. The van der Waals surface area contributed by atoms with Gasteiger partial charge in [-0.3, -0.25) is 9.69 Å². The molecule has 1 heterocycles. The van der Waals surface area contributed by atoms with Gasteiger partial charge in [-0.25, -0.2) is 0 Å². The summed E-state index contributed by atoms with van der Waals surface area (Å²) in [5.41, 5.74) is 7.79.